The second-order valence-corrected chi connectivity index (χ2v) is 11.4. The highest BCUT2D eigenvalue weighted by Crippen LogP contribution is 2.41. The average Bonchev–Trinajstić information content (AvgIpc) is 3.05. The Morgan fingerprint density at radius 1 is 0.651 bits per heavy atom. The van der Waals surface area contributed by atoms with Gasteiger partial charge in [-0.05, 0) is 76.3 Å². The van der Waals surface area contributed by atoms with Crippen molar-refractivity contribution >= 4 is 11.9 Å². The Bertz CT molecular complexity index is 1680. The molecule has 0 saturated heterocycles. The fraction of sp³-hybridized carbons (Fsp3) is 0.179. The highest BCUT2D eigenvalue weighted by molar-refractivity contribution is 5.88. The number of aromatic carboxylic acids is 1. The zero-order valence-electron chi connectivity index (χ0n) is 24.1. The van der Waals surface area contributed by atoms with E-state index in [0.29, 0.717) is 18.9 Å². The molecule has 0 radical (unpaired) electrons. The number of amides is 1. The minimum Gasteiger partial charge on any atom is -0.478 e. The second kappa shape index (κ2) is 12.9. The lowest BCUT2D eigenvalue weighted by molar-refractivity contribution is -0.135. The summed E-state index contributed by atoms with van der Waals surface area (Å²) < 4.78 is 0. The summed E-state index contributed by atoms with van der Waals surface area (Å²) in [6.45, 7) is 0.554. The molecule has 1 aliphatic carbocycles. The summed E-state index contributed by atoms with van der Waals surface area (Å²) in [6.07, 6.45) is 3.28. The number of rotatable bonds is 9. The van der Waals surface area contributed by atoms with Crippen LogP contribution in [0.25, 0.3) is 11.1 Å². The number of fused-ring (bicyclic) bond motifs is 1. The van der Waals surface area contributed by atoms with Crippen LogP contribution in [0.4, 0.5) is 0 Å². The van der Waals surface area contributed by atoms with Crippen LogP contribution >= 0.6 is 0 Å². The molecule has 5 aromatic rings. The molecule has 0 unspecified atom stereocenters. The summed E-state index contributed by atoms with van der Waals surface area (Å²) in [5.74, 6) is -0.518. The number of carboxylic acid groups (broad SMARTS) is 1. The first kappa shape index (κ1) is 28.2. The maximum Gasteiger partial charge on any atom is 0.335 e. The highest BCUT2D eigenvalue weighted by atomic mass is 16.4. The molecule has 0 aromatic heterocycles. The number of hydrogen-bond donors (Lipinski definition) is 1. The van der Waals surface area contributed by atoms with Gasteiger partial charge in [0.15, 0.2) is 0 Å². The number of carboxylic acids is 1. The first-order valence-electron chi connectivity index (χ1n) is 14.9. The Kier molecular flexibility index (Phi) is 8.46. The summed E-state index contributed by atoms with van der Waals surface area (Å²) in [6, 6.07) is 44.4. The molecule has 2 atom stereocenters. The lowest BCUT2D eigenvalue weighted by Gasteiger charge is -2.42. The van der Waals surface area contributed by atoms with E-state index in [1.807, 2.05) is 54.6 Å². The topological polar surface area (TPSA) is 57.6 Å². The van der Waals surface area contributed by atoms with E-state index in [2.05, 4.69) is 71.6 Å². The largest absolute Gasteiger partial charge is 0.478 e. The quantitative estimate of drug-likeness (QED) is 0.196. The second-order valence-electron chi connectivity index (χ2n) is 11.4. The van der Waals surface area contributed by atoms with Gasteiger partial charge in [0.1, 0.15) is 0 Å². The fourth-order valence-electron chi connectivity index (χ4n) is 6.37. The van der Waals surface area contributed by atoms with Crippen LogP contribution in [0.5, 0.6) is 0 Å². The SMILES string of the molecule is O=C(O)c1ccc(-c2ccc(CC(=O)N(Cc3ccccc3)[C@@H]3c4ccccc4CC[C@H]3Cc3ccccc3)cc2)cc1. The summed E-state index contributed by atoms with van der Waals surface area (Å²) >= 11 is 0. The Morgan fingerprint density at radius 2 is 1.23 bits per heavy atom. The molecule has 4 nitrogen and oxygen atoms in total. The molecule has 6 rings (SSSR count). The van der Waals surface area contributed by atoms with Crippen molar-refractivity contribution in [1.82, 2.24) is 4.90 Å². The number of aryl methyl sites for hydroxylation is 1. The average molecular weight is 566 g/mol. The predicted octanol–water partition coefficient (Wildman–Crippen LogP) is 8.17. The van der Waals surface area contributed by atoms with E-state index in [1.165, 1.54) is 16.7 Å². The Hall–Kier alpha value is -4.96. The van der Waals surface area contributed by atoms with Crippen molar-refractivity contribution in [2.45, 2.75) is 38.3 Å². The van der Waals surface area contributed by atoms with Gasteiger partial charge in [0, 0.05) is 6.54 Å². The lowest BCUT2D eigenvalue weighted by atomic mass is 9.76. The van der Waals surface area contributed by atoms with Gasteiger partial charge in [0.25, 0.3) is 0 Å². The van der Waals surface area contributed by atoms with Crippen molar-refractivity contribution in [2.75, 3.05) is 0 Å². The molecule has 214 valence electrons. The van der Waals surface area contributed by atoms with Crippen LogP contribution in [0.3, 0.4) is 0 Å². The van der Waals surface area contributed by atoms with Gasteiger partial charge in [-0.2, -0.15) is 0 Å². The van der Waals surface area contributed by atoms with E-state index >= 15 is 0 Å². The number of carbonyl (C=O) groups is 2. The molecule has 1 aliphatic rings. The third-order valence-corrected chi connectivity index (χ3v) is 8.57. The minimum atomic E-state index is -0.938. The third-order valence-electron chi connectivity index (χ3n) is 8.57. The maximum absolute atomic E-state index is 14.4. The van der Waals surface area contributed by atoms with Crippen molar-refractivity contribution < 1.29 is 14.7 Å². The monoisotopic (exact) mass is 565 g/mol. The van der Waals surface area contributed by atoms with Crippen molar-refractivity contribution in [3.05, 3.63) is 167 Å². The third kappa shape index (κ3) is 6.60. The normalized spacial score (nSPS) is 15.8. The van der Waals surface area contributed by atoms with E-state index in [9.17, 15) is 14.7 Å². The molecule has 43 heavy (non-hydrogen) atoms. The highest BCUT2D eigenvalue weighted by Gasteiger charge is 2.36. The van der Waals surface area contributed by atoms with Crippen LogP contribution in [-0.2, 0) is 30.6 Å². The molecule has 1 amide bonds. The molecule has 0 spiro atoms. The van der Waals surface area contributed by atoms with E-state index in [-0.39, 0.29) is 17.5 Å². The van der Waals surface area contributed by atoms with Crippen LogP contribution in [-0.4, -0.2) is 21.9 Å². The van der Waals surface area contributed by atoms with Crippen molar-refractivity contribution in [2.24, 2.45) is 5.92 Å². The van der Waals surface area contributed by atoms with Crippen molar-refractivity contribution in [3.8, 4) is 11.1 Å². The smallest absolute Gasteiger partial charge is 0.335 e. The number of nitrogens with zero attached hydrogens (tertiary/aromatic N) is 1. The molecule has 5 aromatic carbocycles. The summed E-state index contributed by atoms with van der Waals surface area (Å²) in [5.41, 5.74) is 8.17. The van der Waals surface area contributed by atoms with Gasteiger partial charge in [0.2, 0.25) is 5.91 Å². The molecular formula is C39H35NO3. The van der Waals surface area contributed by atoms with Crippen molar-refractivity contribution in [3.63, 3.8) is 0 Å². The Morgan fingerprint density at radius 3 is 1.88 bits per heavy atom. The number of benzene rings is 5. The molecule has 0 heterocycles. The first-order chi connectivity index (χ1) is 21.0. The fourth-order valence-corrected chi connectivity index (χ4v) is 6.37. The van der Waals surface area contributed by atoms with Gasteiger partial charge in [-0.3, -0.25) is 4.79 Å². The minimum absolute atomic E-state index is 0.0233. The summed E-state index contributed by atoms with van der Waals surface area (Å²) in [7, 11) is 0. The molecule has 1 N–H and O–H groups in total. The molecule has 0 aliphatic heterocycles. The van der Waals surface area contributed by atoms with Gasteiger partial charge in [0.05, 0.1) is 18.0 Å². The maximum atomic E-state index is 14.4. The van der Waals surface area contributed by atoms with Crippen LogP contribution in [0.2, 0.25) is 0 Å². The summed E-state index contributed by atoms with van der Waals surface area (Å²) in [5, 5.41) is 9.21. The van der Waals surface area contributed by atoms with Gasteiger partial charge in [-0.1, -0.05) is 121 Å². The molecule has 0 saturated carbocycles. The molecule has 0 fully saturated rings. The molecule has 4 heteroatoms. The Balaban J connectivity index is 1.30. The van der Waals surface area contributed by atoms with Gasteiger partial charge in [-0.15, -0.1) is 0 Å². The zero-order valence-corrected chi connectivity index (χ0v) is 24.1. The van der Waals surface area contributed by atoms with Crippen LogP contribution < -0.4 is 0 Å². The molecule has 0 bridgehead atoms. The van der Waals surface area contributed by atoms with E-state index in [0.717, 1.165) is 41.5 Å². The van der Waals surface area contributed by atoms with E-state index in [1.54, 1.807) is 12.1 Å². The van der Waals surface area contributed by atoms with Crippen LogP contribution in [0.15, 0.2) is 133 Å². The van der Waals surface area contributed by atoms with E-state index < -0.39 is 5.97 Å². The Labute approximate surface area is 253 Å². The van der Waals surface area contributed by atoms with Gasteiger partial charge < -0.3 is 10.0 Å². The summed E-state index contributed by atoms with van der Waals surface area (Å²) in [4.78, 5) is 27.7. The lowest BCUT2D eigenvalue weighted by Crippen LogP contribution is -2.41. The van der Waals surface area contributed by atoms with Crippen LogP contribution in [0, 0.1) is 5.92 Å². The van der Waals surface area contributed by atoms with Crippen LogP contribution in [0.1, 0.15) is 50.6 Å². The van der Waals surface area contributed by atoms with E-state index in [4.69, 9.17) is 0 Å². The van der Waals surface area contributed by atoms with Crippen molar-refractivity contribution in [1.29, 1.82) is 0 Å². The first-order valence-corrected chi connectivity index (χ1v) is 14.9. The zero-order chi connectivity index (χ0) is 29.6. The number of hydrogen-bond acceptors (Lipinski definition) is 2. The standard InChI is InChI=1S/C39H35NO3/c41-37(26-29-15-17-31(18-16-29)32-19-22-34(23-20-32)39(42)43)40(27-30-11-5-2-6-12-30)38-35(25-28-9-3-1-4-10-28)24-21-33-13-7-8-14-36(33)38/h1-20,22-23,35,38H,21,24-27H2,(H,42,43)/t35-,38-/m0/s1. The van der Waals surface area contributed by atoms with Gasteiger partial charge in [-0.25, -0.2) is 4.79 Å². The predicted molar refractivity (Wildman–Crippen MR) is 171 cm³/mol. The molecular weight excluding hydrogens is 530 g/mol. The number of carbonyl (C=O) groups excluding carboxylic acids is 1. The van der Waals surface area contributed by atoms with Gasteiger partial charge >= 0.3 is 5.97 Å².